The second-order valence-corrected chi connectivity index (χ2v) is 4.31. The van der Waals surface area contributed by atoms with E-state index in [0.717, 1.165) is 16.3 Å². The van der Waals surface area contributed by atoms with Gasteiger partial charge in [0.2, 0.25) is 0 Å². The molecule has 0 unspecified atom stereocenters. The molecule has 1 aromatic heterocycles. The summed E-state index contributed by atoms with van der Waals surface area (Å²) >= 11 is 1.52. The number of rotatable bonds is 3. The molecule has 0 atom stereocenters. The van der Waals surface area contributed by atoms with Gasteiger partial charge in [-0.15, -0.1) is 11.3 Å². The lowest BCUT2D eigenvalue weighted by Crippen LogP contribution is -1.94. The molecule has 2 rings (SSSR count). The summed E-state index contributed by atoms with van der Waals surface area (Å²) in [5.41, 5.74) is 2.23. The Bertz CT molecular complexity index is 532. The van der Waals surface area contributed by atoms with Crippen LogP contribution in [0.5, 0.6) is 5.75 Å². The maximum Gasteiger partial charge on any atom is 0.124 e. The summed E-state index contributed by atoms with van der Waals surface area (Å²) in [5.74, 6) is 0.818. The minimum absolute atomic E-state index is 0.515. The van der Waals surface area contributed by atoms with Crippen LogP contribution >= 0.6 is 11.3 Å². The highest BCUT2D eigenvalue weighted by molar-refractivity contribution is 7.13. The maximum atomic E-state index is 8.67. The van der Waals surface area contributed by atoms with E-state index in [1.807, 2.05) is 29.6 Å². The monoisotopic (exact) mass is 248 g/mol. The Balaban J connectivity index is 2.30. The number of nitrogens with zero attached hydrogens (tertiary/aromatic N) is 2. The van der Waals surface area contributed by atoms with Gasteiger partial charge in [0.05, 0.1) is 12.8 Å². The van der Waals surface area contributed by atoms with Crippen molar-refractivity contribution in [3.63, 3.8) is 0 Å². The molecule has 0 aliphatic heterocycles. The van der Waals surface area contributed by atoms with Crippen LogP contribution < -0.4 is 4.74 Å². The van der Waals surface area contributed by atoms with Gasteiger partial charge in [-0.2, -0.15) is 0 Å². The van der Waals surface area contributed by atoms with Crippen LogP contribution in [0.2, 0.25) is 0 Å². The smallest absolute Gasteiger partial charge is 0.124 e. The van der Waals surface area contributed by atoms with E-state index in [1.54, 1.807) is 14.0 Å². The van der Waals surface area contributed by atoms with E-state index in [4.69, 9.17) is 9.94 Å². The molecule has 0 saturated carbocycles. The zero-order valence-electron chi connectivity index (χ0n) is 9.54. The lowest BCUT2D eigenvalue weighted by molar-refractivity contribution is 0.319. The average Bonchev–Trinajstić information content (AvgIpc) is 2.87. The van der Waals surface area contributed by atoms with E-state index in [9.17, 15) is 0 Å². The summed E-state index contributed by atoms with van der Waals surface area (Å²) in [6.07, 6.45) is 0. The van der Waals surface area contributed by atoms with E-state index < -0.39 is 0 Å². The van der Waals surface area contributed by atoms with Gasteiger partial charge < -0.3 is 9.94 Å². The third-order valence-electron chi connectivity index (χ3n) is 2.36. The third kappa shape index (κ3) is 2.45. The van der Waals surface area contributed by atoms with Crippen molar-refractivity contribution in [1.29, 1.82) is 0 Å². The van der Waals surface area contributed by atoms with Gasteiger partial charge in [0.25, 0.3) is 0 Å². The Morgan fingerprint density at radius 1 is 1.35 bits per heavy atom. The summed E-state index contributed by atoms with van der Waals surface area (Å²) in [4.78, 5) is 4.39. The molecule has 0 aliphatic carbocycles. The third-order valence-corrected chi connectivity index (χ3v) is 3.25. The van der Waals surface area contributed by atoms with E-state index in [1.165, 1.54) is 11.3 Å². The molecule has 5 heteroatoms. The molecule has 0 amide bonds. The summed E-state index contributed by atoms with van der Waals surface area (Å²) < 4.78 is 5.10. The number of ether oxygens (including phenoxy) is 1. The van der Waals surface area contributed by atoms with Gasteiger partial charge >= 0.3 is 0 Å². The van der Waals surface area contributed by atoms with Crippen molar-refractivity contribution in [3.8, 4) is 16.3 Å². The fraction of sp³-hybridized carbons (Fsp3) is 0.167. The van der Waals surface area contributed by atoms with Crippen LogP contribution in [0.3, 0.4) is 0 Å². The molecule has 88 valence electrons. The van der Waals surface area contributed by atoms with Gasteiger partial charge in [-0.1, -0.05) is 5.16 Å². The molecular formula is C12H12N2O2S. The first kappa shape index (κ1) is 11.6. The van der Waals surface area contributed by atoms with Crippen LogP contribution in [0.1, 0.15) is 12.6 Å². The number of oxime groups is 1. The van der Waals surface area contributed by atoms with E-state index in [2.05, 4.69) is 10.1 Å². The molecule has 0 saturated heterocycles. The highest BCUT2D eigenvalue weighted by atomic mass is 32.1. The maximum absolute atomic E-state index is 8.67. The van der Waals surface area contributed by atoms with Crippen molar-refractivity contribution < 1.29 is 9.94 Å². The van der Waals surface area contributed by atoms with Gasteiger partial charge in [-0.05, 0) is 31.2 Å². The molecule has 0 fully saturated rings. The predicted octanol–water partition coefficient (Wildman–Crippen LogP) is 3.02. The predicted molar refractivity (Wildman–Crippen MR) is 68.1 cm³/mol. The molecule has 4 nitrogen and oxygen atoms in total. The summed E-state index contributed by atoms with van der Waals surface area (Å²) in [7, 11) is 1.64. The molecule has 17 heavy (non-hydrogen) atoms. The molecule has 2 aromatic rings. The second kappa shape index (κ2) is 4.97. The van der Waals surface area contributed by atoms with E-state index >= 15 is 0 Å². The van der Waals surface area contributed by atoms with Crippen LogP contribution in [0.15, 0.2) is 34.8 Å². The molecule has 0 bridgehead atoms. The quantitative estimate of drug-likeness (QED) is 0.516. The van der Waals surface area contributed by atoms with Crippen molar-refractivity contribution >= 4 is 17.0 Å². The van der Waals surface area contributed by atoms with E-state index in [0.29, 0.717) is 11.4 Å². The van der Waals surface area contributed by atoms with Crippen LogP contribution in [0.4, 0.5) is 0 Å². The van der Waals surface area contributed by atoms with Crippen molar-refractivity contribution in [3.05, 3.63) is 35.3 Å². The lowest BCUT2D eigenvalue weighted by Gasteiger charge is -2.00. The Kier molecular flexibility index (Phi) is 3.39. The summed E-state index contributed by atoms with van der Waals surface area (Å²) in [5, 5.41) is 14.6. The highest BCUT2D eigenvalue weighted by Gasteiger charge is 2.07. The normalized spacial score (nSPS) is 11.5. The van der Waals surface area contributed by atoms with Crippen molar-refractivity contribution in [2.45, 2.75) is 6.92 Å². The first-order valence-electron chi connectivity index (χ1n) is 5.03. The minimum atomic E-state index is 0.515. The number of aromatic nitrogens is 1. The van der Waals surface area contributed by atoms with Crippen LogP contribution in [0.25, 0.3) is 10.6 Å². The number of hydrogen-bond acceptors (Lipinski definition) is 5. The topological polar surface area (TPSA) is 54.7 Å². The number of methoxy groups -OCH3 is 1. The van der Waals surface area contributed by atoms with Crippen LogP contribution in [0, 0.1) is 0 Å². The second-order valence-electron chi connectivity index (χ2n) is 3.45. The Labute approximate surface area is 103 Å². The van der Waals surface area contributed by atoms with Crippen molar-refractivity contribution in [1.82, 2.24) is 4.98 Å². The zero-order valence-corrected chi connectivity index (χ0v) is 10.4. The summed E-state index contributed by atoms with van der Waals surface area (Å²) in [6.45, 7) is 1.72. The number of benzene rings is 1. The van der Waals surface area contributed by atoms with Gasteiger partial charge in [-0.3, -0.25) is 0 Å². The molecule has 1 heterocycles. The Hall–Kier alpha value is -1.88. The first-order valence-corrected chi connectivity index (χ1v) is 5.91. The van der Waals surface area contributed by atoms with Crippen molar-refractivity contribution in [2.75, 3.05) is 7.11 Å². The van der Waals surface area contributed by atoms with Gasteiger partial charge in [0, 0.05) is 10.9 Å². The molecule has 1 aromatic carbocycles. The Morgan fingerprint density at radius 3 is 2.65 bits per heavy atom. The number of thiazole rings is 1. The van der Waals surface area contributed by atoms with Crippen molar-refractivity contribution in [2.24, 2.45) is 5.16 Å². The molecule has 0 spiro atoms. The molecular weight excluding hydrogens is 236 g/mol. The standard InChI is InChI=1S/C12H12N2O2S/c1-8(14-15)11-7-17-12(13-11)9-3-5-10(16-2)6-4-9/h3-7,15H,1-2H3/b14-8+. The largest absolute Gasteiger partial charge is 0.497 e. The fourth-order valence-corrected chi connectivity index (χ4v) is 2.23. The average molecular weight is 248 g/mol. The minimum Gasteiger partial charge on any atom is -0.497 e. The van der Waals surface area contributed by atoms with Gasteiger partial charge in [-0.25, -0.2) is 4.98 Å². The molecule has 0 radical (unpaired) electrons. The highest BCUT2D eigenvalue weighted by Crippen LogP contribution is 2.25. The van der Waals surface area contributed by atoms with Crippen LogP contribution in [-0.4, -0.2) is 23.0 Å². The molecule has 1 N–H and O–H groups in total. The van der Waals surface area contributed by atoms with Crippen LogP contribution in [-0.2, 0) is 0 Å². The first-order chi connectivity index (χ1) is 8.24. The lowest BCUT2D eigenvalue weighted by atomic mass is 10.2. The van der Waals surface area contributed by atoms with E-state index in [-0.39, 0.29) is 0 Å². The van der Waals surface area contributed by atoms with Gasteiger partial charge in [0.1, 0.15) is 16.5 Å². The molecule has 0 aliphatic rings. The zero-order chi connectivity index (χ0) is 12.3. The fourth-order valence-electron chi connectivity index (χ4n) is 1.36. The number of hydrogen-bond donors (Lipinski definition) is 1. The van der Waals surface area contributed by atoms with Gasteiger partial charge in [0.15, 0.2) is 0 Å². The summed E-state index contributed by atoms with van der Waals surface area (Å²) in [6, 6.07) is 7.69. The SMILES string of the molecule is COc1ccc(-c2nc(/C(C)=N/O)cs2)cc1. The Morgan fingerprint density at radius 2 is 2.06 bits per heavy atom.